The van der Waals surface area contributed by atoms with Gasteiger partial charge < -0.3 is 10.1 Å². The number of nitrogens with zero attached hydrogens (tertiary/aromatic N) is 1. The number of ether oxygens (including phenoxy) is 1. The number of hydrazone groups is 1. The van der Waals surface area contributed by atoms with Crippen molar-refractivity contribution in [1.82, 2.24) is 5.43 Å². The molecule has 0 saturated heterocycles. The molecule has 2 amide bonds. The van der Waals surface area contributed by atoms with E-state index >= 15 is 0 Å². The van der Waals surface area contributed by atoms with Gasteiger partial charge in [0.2, 0.25) is 11.8 Å². The number of hydrogen-bond acceptors (Lipinski definition) is 4. The van der Waals surface area contributed by atoms with E-state index in [1.165, 1.54) is 12.3 Å². The van der Waals surface area contributed by atoms with Crippen molar-refractivity contribution in [1.29, 1.82) is 0 Å². The van der Waals surface area contributed by atoms with E-state index in [2.05, 4.69) is 15.8 Å². The molecule has 0 unspecified atom stereocenters. The summed E-state index contributed by atoms with van der Waals surface area (Å²) in [5, 5.41) is 9.23. The number of carbonyl (C=O) groups is 2. The number of fused-ring (bicyclic) bond motifs is 1. The Morgan fingerprint density at radius 2 is 1.83 bits per heavy atom. The second-order valence-corrected chi connectivity index (χ2v) is 7.09. The zero-order chi connectivity index (χ0) is 21.5. The van der Waals surface area contributed by atoms with Crippen molar-refractivity contribution in [2.24, 2.45) is 5.10 Å². The summed E-state index contributed by atoms with van der Waals surface area (Å²) in [6.07, 6.45) is 1.12. The number of amides is 2. The third-order valence-corrected chi connectivity index (χ3v) is 4.88. The van der Waals surface area contributed by atoms with Crippen LogP contribution in [0.1, 0.15) is 18.9 Å². The Morgan fingerprint density at radius 3 is 2.60 bits per heavy atom. The summed E-state index contributed by atoms with van der Waals surface area (Å²) in [5.41, 5.74) is 3.56. The van der Waals surface area contributed by atoms with E-state index in [-0.39, 0.29) is 0 Å². The molecule has 154 valence electrons. The van der Waals surface area contributed by atoms with E-state index in [4.69, 9.17) is 27.9 Å². The summed E-state index contributed by atoms with van der Waals surface area (Å²) in [6, 6.07) is 16.3. The Kier molecular flexibility index (Phi) is 7.27. The first-order chi connectivity index (χ1) is 14.5. The summed E-state index contributed by atoms with van der Waals surface area (Å²) >= 11 is 11.8. The average Bonchev–Trinajstić information content (AvgIpc) is 2.72. The summed E-state index contributed by atoms with van der Waals surface area (Å²) in [5.74, 6) is -0.394. The number of carbonyl (C=O) groups excluding carboxylic acids is 2. The molecule has 0 radical (unpaired) electrons. The van der Waals surface area contributed by atoms with Gasteiger partial charge in [-0.25, -0.2) is 5.43 Å². The Balaban J connectivity index is 1.65. The van der Waals surface area contributed by atoms with Crippen molar-refractivity contribution in [3.8, 4) is 5.75 Å². The van der Waals surface area contributed by atoms with Crippen molar-refractivity contribution >= 4 is 57.7 Å². The third-order valence-electron chi connectivity index (χ3n) is 4.14. The summed E-state index contributed by atoms with van der Waals surface area (Å²) in [7, 11) is 0. The molecule has 30 heavy (non-hydrogen) atoms. The fraction of sp³-hybridized carbons (Fsp3) is 0.136. The van der Waals surface area contributed by atoms with Crippen LogP contribution in [0.4, 0.5) is 5.69 Å². The molecular formula is C22H19Cl2N3O3. The predicted octanol–water partition coefficient (Wildman–Crippen LogP) is 5.02. The second kappa shape index (κ2) is 10.1. The zero-order valence-electron chi connectivity index (χ0n) is 16.1. The summed E-state index contributed by atoms with van der Waals surface area (Å²) < 4.78 is 5.66. The van der Waals surface area contributed by atoms with Gasteiger partial charge in [0.05, 0.1) is 22.9 Å². The number of hydrogen-bond donors (Lipinski definition) is 2. The maximum absolute atomic E-state index is 12.1. The zero-order valence-corrected chi connectivity index (χ0v) is 17.6. The highest BCUT2D eigenvalue weighted by Crippen LogP contribution is 2.27. The average molecular weight is 444 g/mol. The molecule has 2 N–H and O–H groups in total. The molecule has 0 aliphatic rings. The smallest absolute Gasteiger partial charge is 0.249 e. The van der Waals surface area contributed by atoms with E-state index < -0.39 is 18.2 Å². The van der Waals surface area contributed by atoms with Crippen molar-refractivity contribution in [3.05, 3.63) is 70.2 Å². The fourth-order valence-corrected chi connectivity index (χ4v) is 3.12. The van der Waals surface area contributed by atoms with Crippen LogP contribution in [0.25, 0.3) is 10.8 Å². The normalized spacial score (nSPS) is 10.9. The standard InChI is InChI=1S/C22H19Cl2N3O3/c1-2-30-20-10-7-14-5-3-4-6-16(14)17(20)13-25-27-22(29)12-21(28)26-15-8-9-18(23)19(24)11-15/h3-11,13H,2,12H2,1H3,(H,26,28)(H,27,29). The first-order valence-corrected chi connectivity index (χ1v) is 9.95. The molecule has 0 aromatic heterocycles. The molecule has 3 aromatic rings. The number of halogens is 2. The van der Waals surface area contributed by atoms with Gasteiger partial charge in [-0.3, -0.25) is 9.59 Å². The molecule has 0 aliphatic heterocycles. The highest BCUT2D eigenvalue weighted by molar-refractivity contribution is 6.42. The molecular weight excluding hydrogens is 425 g/mol. The number of nitrogens with one attached hydrogen (secondary N) is 2. The van der Waals surface area contributed by atoms with Crippen LogP contribution in [-0.4, -0.2) is 24.6 Å². The van der Waals surface area contributed by atoms with E-state index in [1.54, 1.807) is 12.1 Å². The molecule has 0 heterocycles. The van der Waals surface area contributed by atoms with Crippen LogP contribution in [0, 0.1) is 0 Å². The molecule has 0 bridgehead atoms. The quantitative estimate of drug-likeness (QED) is 0.305. The van der Waals surface area contributed by atoms with Crippen LogP contribution >= 0.6 is 23.2 Å². The van der Waals surface area contributed by atoms with Gasteiger partial charge in [0.15, 0.2) is 0 Å². The van der Waals surface area contributed by atoms with Crippen LogP contribution in [0.5, 0.6) is 5.75 Å². The molecule has 0 atom stereocenters. The van der Waals surface area contributed by atoms with Gasteiger partial charge in [-0.1, -0.05) is 53.5 Å². The van der Waals surface area contributed by atoms with Crippen LogP contribution in [0.15, 0.2) is 59.7 Å². The van der Waals surface area contributed by atoms with E-state index in [0.717, 1.165) is 16.3 Å². The lowest BCUT2D eigenvalue weighted by Crippen LogP contribution is -2.24. The van der Waals surface area contributed by atoms with E-state index in [1.807, 2.05) is 43.3 Å². The van der Waals surface area contributed by atoms with Crippen LogP contribution in [-0.2, 0) is 9.59 Å². The molecule has 3 aromatic carbocycles. The number of anilines is 1. The van der Waals surface area contributed by atoms with Crippen molar-refractivity contribution in [2.75, 3.05) is 11.9 Å². The van der Waals surface area contributed by atoms with Crippen molar-refractivity contribution < 1.29 is 14.3 Å². The molecule has 6 nitrogen and oxygen atoms in total. The van der Waals surface area contributed by atoms with Gasteiger partial charge in [-0.2, -0.15) is 5.10 Å². The minimum Gasteiger partial charge on any atom is -0.493 e. The van der Waals surface area contributed by atoms with Gasteiger partial charge in [-0.15, -0.1) is 0 Å². The minimum atomic E-state index is -0.554. The van der Waals surface area contributed by atoms with E-state index in [9.17, 15) is 9.59 Å². The van der Waals surface area contributed by atoms with Gasteiger partial charge in [-0.05, 0) is 42.0 Å². The monoisotopic (exact) mass is 443 g/mol. The molecule has 8 heteroatoms. The van der Waals surface area contributed by atoms with Gasteiger partial charge >= 0.3 is 0 Å². The van der Waals surface area contributed by atoms with Crippen molar-refractivity contribution in [3.63, 3.8) is 0 Å². The molecule has 0 spiro atoms. The highest BCUT2D eigenvalue weighted by atomic mass is 35.5. The predicted molar refractivity (Wildman–Crippen MR) is 121 cm³/mol. The Hall–Kier alpha value is -3.09. The minimum absolute atomic E-state index is 0.309. The number of benzene rings is 3. The maximum atomic E-state index is 12.1. The SMILES string of the molecule is CCOc1ccc2ccccc2c1C=NNC(=O)CC(=O)Nc1ccc(Cl)c(Cl)c1. The highest BCUT2D eigenvalue weighted by Gasteiger charge is 2.11. The second-order valence-electron chi connectivity index (χ2n) is 6.28. The summed E-state index contributed by atoms with van der Waals surface area (Å²) in [6.45, 7) is 2.39. The molecule has 0 saturated carbocycles. The lowest BCUT2D eigenvalue weighted by Gasteiger charge is -2.10. The van der Waals surface area contributed by atoms with Gasteiger partial charge in [0, 0.05) is 11.3 Å². The third kappa shape index (κ3) is 5.49. The van der Waals surface area contributed by atoms with Gasteiger partial charge in [0.25, 0.3) is 0 Å². The topological polar surface area (TPSA) is 79.8 Å². The van der Waals surface area contributed by atoms with Crippen LogP contribution in [0.2, 0.25) is 10.0 Å². The summed E-state index contributed by atoms with van der Waals surface area (Å²) in [4.78, 5) is 24.1. The largest absolute Gasteiger partial charge is 0.493 e. The van der Waals surface area contributed by atoms with Crippen LogP contribution in [0.3, 0.4) is 0 Å². The first-order valence-electron chi connectivity index (χ1n) is 9.19. The Labute approximate surface area is 183 Å². The van der Waals surface area contributed by atoms with Crippen molar-refractivity contribution in [2.45, 2.75) is 13.3 Å². The maximum Gasteiger partial charge on any atom is 0.249 e. The van der Waals surface area contributed by atoms with E-state index in [0.29, 0.717) is 28.1 Å². The Bertz CT molecular complexity index is 1120. The molecule has 0 fully saturated rings. The van der Waals surface area contributed by atoms with Crippen LogP contribution < -0.4 is 15.5 Å². The molecule has 3 rings (SSSR count). The number of rotatable bonds is 7. The fourth-order valence-electron chi connectivity index (χ4n) is 2.82. The molecule has 0 aliphatic carbocycles. The first kappa shape index (κ1) is 21.6. The lowest BCUT2D eigenvalue weighted by atomic mass is 10.0. The van der Waals surface area contributed by atoms with Gasteiger partial charge in [0.1, 0.15) is 12.2 Å². The lowest BCUT2D eigenvalue weighted by molar-refractivity contribution is -0.126. The Morgan fingerprint density at radius 1 is 1.03 bits per heavy atom.